The van der Waals surface area contributed by atoms with Gasteiger partial charge in [0.2, 0.25) is 0 Å². The molecule has 1 aromatic rings. The maximum Gasteiger partial charge on any atom is 0.291 e. The van der Waals surface area contributed by atoms with E-state index in [4.69, 9.17) is 0 Å². The lowest BCUT2D eigenvalue weighted by molar-refractivity contribution is -0.386. The van der Waals surface area contributed by atoms with Crippen molar-refractivity contribution in [2.24, 2.45) is 5.92 Å². The Balaban J connectivity index is 2.99. The standard InChI is InChI=1S/C11H16N2O3/c1-7(2)11(14)5-9-10(13(15)16)4-8(3)6-12-9/h4,6-7,11,14H,5H2,1-3H3. The molecule has 1 unspecified atom stereocenters. The molecule has 1 rings (SSSR count). The van der Waals surface area contributed by atoms with Crippen LogP contribution < -0.4 is 0 Å². The zero-order valence-electron chi connectivity index (χ0n) is 9.67. The van der Waals surface area contributed by atoms with Crippen molar-refractivity contribution in [3.8, 4) is 0 Å². The van der Waals surface area contributed by atoms with Gasteiger partial charge in [-0.2, -0.15) is 0 Å². The number of hydrogen-bond acceptors (Lipinski definition) is 4. The maximum absolute atomic E-state index is 10.8. The molecule has 1 N–H and O–H groups in total. The molecular weight excluding hydrogens is 208 g/mol. The number of nitro groups is 1. The number of nitrogens with zero attached hydrogens (tertiary/aromatic N) is 2. The summed E-state index contributed by atoms with van der Waals surface area (Å²) in [6.07, 6.45) is 1.19. The molecule has 0 aliphatic carbocycles. The molecular formula is C11H16N2O3. The third-order valence-electron chi connectivity index (χ3n) is 2.45. The van der Waals surface area contributed by atoms with Gasteiger partial charge in [0.1, 0.15) is 5.69 Å². The normalized spacial score (nSPS) is 12.8. The van der Waals surface area contributed by atoms with Crippen LogP contribution in [0.4, 0.5) is 5.69 Å². The van der Waals surface area contributed by atoms with Gasteiger partial charge in [-0.1, -0.05) is 13.8 Å². The summed E-state index contributed by atoms with van der Waals surface area (Å²) in [5, 5.41) is 20.5. The van der Waals surface area contributed by atoms with Crippen LogP contribution in [0, 0.1) is 23.0 Å². The first-order valence-corrected chi connectivity index (χ1v) is 5.19. The highest BCUT2D eigenvalue weighted by Gasteiger charge is 2.20. The SMILES string of the molecule is Cc1cnc(CC(O)C(C)C)c([N+](=O)[O-])c1. The molecule has 16 heavy (non-hydrogen) atoms. The van der Waals surface area contributed by atoms with Gasteiger partial charge in [-0.05, 0) is 18.4 Å². The van der Waals surface area contributed by atoms with Gasteiger partial charge in [0.15, 0.2) is 0 Å². The Hall–Kier alpha value is -1.49. The number of aliphatic hydroxyl groups excluding tert-OH is 1. The summed E-state index contributed by atoms with van der Waals surface area (Å²) in [6.45, 7) is 5.48. The van der Waals surface area contributed by atoms with E-state index in [1.807, 2.05) is 13.8 Å². The molecule has 88 valence electrons. The highest BCUT2D eigenvalue weighted by atomic mass is 16.6. The Labute approximate surface area is 94.3 Å². The summed E-state index contributed by atoms with van der Waals surface area (Å²) < 4.78 is 0. The summed E-state index contributed by atoms with van der Waals surface area (Å²) in [5.74, 6) is 0.0581. The minimum atomic E-state index is -0.603. The first-order chi connectivity index (χ1) is 7.41. The van der Waals surface area contributed by atoms with E-state index in [9.17, 15) is 15.2 Å². The van der Waals surface area contributed by atoms with E-state index in [1.165, 1.54) is 6.07 Å². The third kappa shape index (κ3) is 3.00. The van der Waals surface area contributed by atoms with Crippen molar-refractivity contribution in [1.29, 1.82) is 0 Å². The zero-order chi connectivity index (χ0) is 12.3. The van der Waals surface area contributed by atoms with Crippen LogP contribution in [0.2, 0.25) is 0 Å². The van der Waals surface area contributed by atoms with Crippen molar-refractivity contribution >= 4 is 5.69 Å². The van der Waals surface area contributed by atoms with Gasteiger partial charge in [-0.15, -0.1) is 0 Å². The summed E-state index contributed by atoms with van der Waals surface area (Å²) in [4.78, 5) is 14.4. The predicted octanol–water partition coefficient (Wildman–Crippen LogP) is 1.86. The zero-order valence-corrected chi connectivity index (χ0v) is 9.67. The minimum absolute atomic E-state index is 0.0142. The molecule has 0 aromatic carbocycles. The van der Waals surface area contributed by atoms with Crippen molar-refractivity contribution in [3.63, 3.8) is 0 Å². The van der Waals surface area contributed by atoms with Crippen molar-refractivity contribution < 1.29 is 10.0 Å². The number of aromatic nitrogens is 1. The lowest BCUT2D eigenvalue weighted by Gasteiger charge is -2.13. The number of hydrogen-bond donors (Lipinski definition) is 1. The van der Waals surface area contributed by atoms with E-state index < -0.39 is 11.0 Å². The summed E-state index contributed by atoms with van der Waals surface area (Å²) in [7, 11) is 0. The van der Waals surface area contributed by atoms with Crippen LogP contribution >= 0.6 is 0 Å². The van der Waals surface area contributed by atoms with Crippen molar-refractivity contribution in [2.45, 2.75) is 33.3 Å². The van der Waals surface area contributed by atoms with E-state index in [1.54, 1.807) is 13.1 Å². The molecule has 1 atom stereocenters. The largest absolute Gasteiger partial charge is 0.392 e. The fourth-order valence-corrected chi connectivity index (χ4v) is 1.33. The molecule has 0 amide bonds. The molecule has 5 nitrogen and oxygen atoms in total. The highest BCUT2D eigenvalue weighted by molar-refractivity contribution is 5.38. The quantitative estimate of drug-likeness (QED) is 0.625. The second-order valence-corrected chi connectivity index (χ2v) is 4.25. The maximum atomic E-state index is 10.8. The Morgan fingerprint density at radius 3 is 2.69 bits per heavy atom. The minimum Gasteiger partial charge on any atom is -0.392 e. The smallest absolute Gasteiger partial charge is 0.291 e. The Bertz CT molecular complexity index is 391. The second kappa shape index (κ2) is 5.03. The molecule has 0 spiro atoms. The van der Waals surface area contributed by atoms with Gasteiger partial charge in [0, 0.05) is 18.7 Å². The van der Waals surface area contributed by atoms with E-state index in [0.29, 0.717) is 5.69 Å². The van der Waals surface area contributed by atoms with Gasteiger partial charge < -0.3 is 5.11 Å². The molecule has 0 aliphatic rings. The van der Waals surface area contributed by atoms with Gasteiger partial charge >= 0.3 is 0 Å². The summed E-state index contributed by atoms with van der Waals surface area (Å²) >= 11 is 0. The first kappa shape index (κ1) is 12.6. The number of aliphatic hydroxyl groups is 1. The van der Waals surface area contributed by atoms with Crippen LogP contribution in [-0.4, -0.2) is 21.1 Å². The van der Waals surface area contributed by atoms with E-state index >= 15 is 0 Å². The van der Waals surface area contributed by atoms with Crippen LogP contribution in [0.15, 0.2) is 12.3 Å². The van der Waals surface area contributed by atoms with Crippen LogP contribution in [0.3, 0.4) is 0 Å². The molecule has 0 saturated heterocycles. The van der Waals surface area contributed by atoms with E-state index in [0.717, 1.165) is 5.56 Å². The summed E-state index contributed by atoms with van der Waals surface area (Å²) in [6, 6.07) is 1.48. The lowest BCUT2D eigenvalue weighted by atomic mass is 10.0. The molecule has 1 aromatic heterocycles. The van der Waals surface area contributed by atoms with Crippen molar-refractivity contribution in [1.82, 2.24) is 4.98 Å². The predicted molar refractivity (Wildman–Crippen MR) is 60.2 cm³/mol. The molecule has 0 fully saturated rings. The van der Waals surface area contributed by atoms with Crippen LogP contribution in [0.5, 0.6) is 0 Å². The van der Waals surface area contributed by atoms with Gasteiger partial charge in [0.25, 0.3) is 5.69 Å². The molecule has 0 radical (unpaired) electrons. The lowest BCUT2D eigenvalue weighted by Crippen LogP contribution is -2.19. The fourth-order valence-electron chi connectivity index (χ4n) is 1.33. The monoisotopic (exact) mass is 224 g/mol. The third-order valence-corrected chi connectivity index (χ3v) is 2.45. The van der Waals surface area contributed by atoms with Gasteiger partial charge in [-0.3, -0.25) is 15.1 Å². The second-order valence-electron chi connectivity index (χ2n) is 4.25. The van der Waals surface area contributed by atoms with Crippen molar-refractivity contribution in [3.05, 3.63) is 33.6 Å². The Morgan fingerprint density at radius 1 is 1.56 bits per heavy atom. The van der Waals surface area contributed by atoms with Crippen molar-refractivity contribution in [2.75, 3.05) is 0 Å². The molecule has 0 saturated carbocycles. The van der Waals surface area contributed by atoms with Crippen LogP contribution in [0.1, 0.15) is 25.1 Å². The number of rotatable bonds is 4. The molecule has 0 aliphatic heterocycles. The molecule has 5 heteroatoms. The van der Waals surface area contributed by atoms with Crippen LogP contribution in [0.25, 0.3) is 0 Å². The average Bonchev–Trinajstić information content (AvgIpc) is 2.20. The topological polar surface area (TPSA) is 76.3 Å². The first-order valence-electron chi connectivity index (χ1n) is 5.19. The number of aryl methyl sites for hydroxylation is 1. The molecule has 0 bridgehead atoms. The summed E-state index contributed by atoms with van der Waals surface area (Å²) in [5.41, 5.74) is 1.07. The van der Waals surface area contributed by atoms with Gasteiger partial charge in [-0.25, -0.2) is 0 Å². The van der Waals surface area contributed by atoms with E-state index in [-0.39, 0.29) is 18.0 Å². The molecule has 1 heterocycles. The number of pyridine rings is 1. The Morgan fingerprint density at radius 2 is 2.19 bits per heavy atom. The Kier molecular flexibility index (Phi) is 3.95. The average molecular weight is 224 g/mol. The fraction of sp³-hybridized carbons (Fsp3) is 0.545. The van der Waals surface area contributed by atoms with Crippen LogP contribution in [-0.2, 0) is 6.42 Å². The van der Waals surface area contributed by atoms with E-state index in [2.05, 4.69) is 4.98 Å². The highest BCUT2D eigenvalue weighted by Crippen LogP contribution is 2.20. The van der Waals surface area contributed by atoms with Gasteiger partial charge in [0.05, 0.1) is 11.0 Å².